The second kappa shape index (κ2) is 7.37. The topological polar surface area (TPSA) is 15.3 Å². The summed E-state index contributed by atoms with van der Waals surface area (Å²) in [6.45, 7) is 9.79. The van der Waals surface area contributed by atoms with E-state index >= 15 is 0 Å². The SMILES string of the molecule is CCCNC(c1ccccc1F)C(C)(C)N1CCCCC1. The van der Waals surface area contributed by atoms with Crippen LogP contribution in [0.2, 0.25) is 0 Å². The van der Waals surface area contributed by atoms with Gasteiger partial charge >= 0.3 is 0 Å². The summed E-state index contributed by atoms with van der Waals surface area (Å²) in [7, 11) is 0. The summed E-state index contributed by atoms with van der Waals surface area (Å²) < 4.78 is 14.3. The number of hydrogen-bond donors (Lipinski definition) is 1. The second-order valence-corrected chi connectivity index (χ2v) is 6.61. The monoisotopic (exact) mass is 292 g/mol. The Morgan fingerprint density at radius 1 is 1.19 bits per heavy atom. The fourth-order valence-electron chi connectivity index (χ4n) is 3.39. The van der Waals surface area contributed by atoms with E-state index in [0.29, 0.717) is 0 Å². The zero-order valence-electron chi connectivity index (χ0n) is 13.7. The number of benzene rings is 1. The van der Waals surface area contributed by atoms with Crippen LogP contribution in [0.4, 0.5) is 4.39 Å². The van der Waals surface area contributed by atoms with Crippen LogP contribution >= 0.6 is 0 Å². The van der Waals surface area contributed by atoms with Crippen molar-refractivity contribution in [1.29, 1.82) is 0 Å². The van der Waals surface area contributed by atoms with Crippen molar-refractivity contribution in [1.82, 2.24) is 10.2 Å². The first-order valence-corrected chi connectivity index (χ1v) is 8.30. The van der Waals surface area contributed by atoms with E-state index in [-0.39, 0.29) is 17.4 Å². The zero-order valence-corrected chi connectivity index (χ0v) is 13.7. The van der Waals surface area contributed by atoms with E-state index in [1.165, 1.54) is 19.3 Å². The minimum atomic E-state index is -0.101. The van der Waals surface area contributed by atoms with Gasteiger partial charge in [-0.2, -0.15) is 0 Å². The highest BCUT2D eigenvalue weighted by Crippen LogP contribution is 2.34. The van der Waals surface area contributed by atoms with Gasteiger partial charge in [-0.1, -0.05) is 31.5 Å². The number of hydrogen-bond acceptors (Lipinski definition) is 2. The number of piperidine rings is 1. The van der Waals surface area contributed by atoms with Gasteiger partial charge in [-0.15, -0.1) is 0 Å². The highest BCUT2D eigenvalue weighted by molar-refractivity contribution is 5.24. The van der Waals surface area contributed by atoms with Crippen LogP contribution in [0.25, 0.3) is 0 Å². The molecule has 1 heterocycles. The summed E-state index contributed by atoms with van der Waals surface area (Å²) >= 11 is 0. The lowest BCUT2D eigenvalue weighted by molar-refractivity contribution is 0.0596. The van der Waals surface area contributed by atoms with Gasteiger partial charge in [0.2, 0.25) is 0 Å². The molecular formula is C18H29FN2. The Kier molecular flexibility index (Phi) is 5.77. The summed E-state index contributed by atoms with van der Waals surface area (Å²) in [5.74, 6) is -0.101. The minimum absolute atomic E-state index is 0.0248. The molecule has 1 unspecified atom stereocenters. The molecule has 1 atom stereocenters. The van der Waals surface area contributed by atoms with E-state index in [0.717, 1.165) is 31.6 Å². The molecule has 0 radical (unpaired) electrons. The van der Waals surface area contributed by atoms with E-state index in [2.05, 4.69) is 31.0 Å². The third-order valence-corrected chi connectivity index (χ3v) is 4.69. The molecule has 0 aromatic heterocycles. The normalized spacial score (nSPS) is 18.7. The Balaban J connectivity index is 2.27. The number of likely N-dealkylation sites (tertiary alicyclic amines) is 1. The van der Waals surface area contributed by atoms with Crippen LogP contribution in [0, 0.1) is 5.82 Å². The molecular weight excluding hydrogens is 263 g/mol. The van der Waals surface area contributed by atoms with Crippen LogP contribution in [-0.4, -0.2) is 30.1 Å². The molecule has 1 aliphatic heterocycles. The van der Waals surface area contributed by atoms with Crippen molar-refractivity contribution in [2.75, 3.05) is 19.6 Å². The molecule has 1 fully saturated rings. The molecule has 0 spiro atoms. The van der Waals surface area contributed by atoms with Crippen LogP contribution in [0.15, 0.2) is 24.3 Å². The molecule has 0 saturated carbocycles. The molecule has 21 heavy (non-hydrogen) atoms. The van der Waals surface area contributed by atoms with E-state index < -0.39 is 0 Å². The summed E-state index contributed by atoms with van der Waals surface area (Å²) in [5.41, 5.74) is 0.708. The third-order valence-electron chi connectivity index (χ3n) is 4.69. The Morgan fingerprint density at radius 2 is 1.86 bits per heavy atom. The summed E-state index contributed by atoms with van der Waals surface area (Å²) in [6.07, 6.45) is 4.88. The maximum Gasteiger partial charge on any atom is 0.128 e. The van der Waals surface area contributed by atoms with Crippen LogP contribution in [0.1, 0.15) is 58.1 Å². The molecule has 1 aromatic carbocycles. The molecule has 0 aliphatic carbocycles. The summed E-state index contributed by atoms with van der Waals surface area (Å²) in [5, 5.41) is 3.58. The van der Waals surface area contributed by atoms with E-state index in [9.17, 15) is 4.39 Å². The molecule has 118 valence electrons. The minimum Gasteiger partial charge on any atom is -0.308 e. The van der Waals surface area contributed by atoms with Crippen LogP contribution in [0.3, 0.4) is 0 Å². The first-order chi connectivity index (χ1) is 10.1. The van der Waals surface area contributed by atoms with Gasteiger partial charge in [0.05, 0.1) is 6.04 Å². The van der Waals surface area contributed by atoms with Gasteiger partial charge < -0.3 is 5.32 Å². The maximum absolute atomic E-state index is 14.3. The number of nitrogens with one attached hydrogen (secondary N) is 1. The zero-order chi connectivity index (χ0) is 15.3. The predicted molar refractivity (Wildman–Crippen MR) is 86.9 cm³/mol. The summed E-state index contributed by atoms with van der Waals surface area (Å²) in [6, 6.07) is 7.22. The van der Waals surface area contributed by atoms with Crippen molar-refractivity contribution in [2.45, 2.75) is 58.0 Å². The van der Waals surface area contributed by atoms with Gasteiger partial charge in [0, 0.05) is 11.1 Å². The van der Waals surface area contributed by atoms with Crippen molar-refractivity contribution >= 4 is 0 Å². The van der Waals surface area contributed by atoms with E-state index in [1.54, 1.807) is 12.1 Å². The maximum atomic E-state index is 14.3. The highest BCUT2D eigenvalue weighted by Gasteiger charge is 2.37. The highest BCUT2D eigenvalue weighted by atomic mass is 19.1. The molecule has 1 aromatic rings. The van der Waals surface area contributed by atoms with E-state index in [1.807, 2.05) is 12.1 Å². The van der Waals surface area contributed by atoms with Gasteiger partial charge in [0.1, 0.15) is 5.82 Å². The van der Waals surface area contributed by atoms with Crippen molar-refractivity contribution in [3.63, 3.8) is 0 Å². The first kappa shape index (κ1) is 16.4. The molecule has 1 saturated heterocycles. The van der Waals surface area contributed by atoms with Gasteiger partial charge in [0.15, 0.2) is 0 Å². The van der Waals surface area contributed by atoms with Crippen molar-refractivity contribution in [3.05, 3.63) is 35.6 Å². The Labute approximate surface area is 128 Å². The molecule has 0 bridgehead atoms. The molecule has 1 N–H and O–H groups in total. The average Bonchev–Trinajstić information content (AvgIpc) is 2.50. The lowest BCUT2D eigenvalue weighted by Gasteiger charge is -2.46. The third kappa shape index (κ3) is 3.83. The van der Waals surface area contributed by atoms with Gasteiger partial charge in [-0.3, -0.25) is 4.90 Å². The van der Waals surface area contributed by atoms with Gasteiger partial charge in [-0.25, -0.2) is 4.39 Å². The number of rotatable bonds is 6. The van der Waals surface area contributed by atoms with Crippen LogP contribution in [-0.2, 0) is 0 Å². The first-order valence-electron chi connectivity index (χ1n) is 8.30. The quantitative estimate of drug-likeness (QED) is 0.848. The average molecular weight is 292 g/mol. The largest absolute Gasteiger partial charge is 0.308 e. The standard InChI is InChI=1S/C18H29FN2/c1-4-12-20-17(15-10-6-7-11-16(15)19)18(2,3)21-13-8-5-9-14-21/h6-7,10-11,17,20H,4-5,8-9,12-14H2,1-3H3. The molecule has 2 rings (SSSR count). The second-order valence-electron chi connectivity index (χ2n) is 6.61. The van der Waals surface area contributed by atoms with E-state index in [4.69, 9.17) is 0 Å². The lowest BCUT2D eigenvalue weighted by atomic mass is 9.85. The van der Waals surface area contributed by atoms with Crippen molar-refractivity contribution in [3.8, 4) is 0 Å². The fourth-order valence-corrected chi connectivity index (χ4v) is 3.39. The molecule has 3 heteroatoms. The lowest BCUT2D eigenvalue weighted by Crippen LogP contribution is -2.54. The molecule has 1 aliphatic rings. The van der Waals surface area contributed by atoms with Crippen LogP contribution in [0.5, 0.6) is 0 Å². The van der Waals surface area contributed by atoms with Gasteiger partial charge in [-0.05, 0) is 58.8 Å². The summed E-state index contributed by atoms with van der Waals surface area (Å²) in [4.78, 5) is 2.52. The van der Waals surface area contributed by atoms with Gasteiger partial charge in [0.25, 0.3) is 0 Å². The van der Waals surface area contributed by atoms with Crippen LogP contribution < -0.4 is 5.32 Å². The Hall–Kier alpha value is -0.930. The molecule has 0 amide bonds. The Bertz CT molecular complexity index is 439. The number of halogens is 1. The van der Waals surface area contributed by atoms with Crippen molar-refractivity contribution < 1.29 is 4.39 Å². The fraction of sp³-hybridized carbons (Fsp3) is 0.667. The molecule has 2 nitrogen and oxygen atoms in total. The number of nitrogens with zero attached hydrogens (tertiary/aromatic N) is 1. The predicted octanol–water partition coefficient (Wildman–Crippen LogP) is 4.13. The smallest absolute Gasteiger partial charge is 0.128 e. The van der Waals surface area contributed by atoms with Crippen molar-refractivity contribution in [2.24, 2.45) is 0 Å². The Morgan fingerprint density at radius 3 is 2.48 bits per heavy atom.